The van der Waals surface area contributed by atoms with E-state index in [2.05, 4.69) is 26.8 Å². The normalized spacial score (nSPS) is 19.1. The van der Waals surface area contributed by atoms with Crippen LogP contribution in [0.5, 0.6) is 11.5 Å². The van der Waals surface area contributed by atoms with Gasteiger partial charge in [0.05, 0.1) is 0 Å². The van der Waals surface area contributed by atoms with Crippen molar-refractivity contribution in [2.24, 2.45) is 0 Å². The van der Waals surface area contributed by atoms with Crippen molar-refractivity contribution in [2.75, 3.05) is 0 Å². The second kappa shape index (κ2) is 3.19. The molecule has 0 saturated heterocycles. The number of fused-ring (bicyclic) bond motifs is 1. The zero-order chi connectivity index (χ0) is 10.3. The maximum absolute atomic E-state index is 5.66. The summed E-state index contributed by atoms with van der Waals surface area (Å²) in [5.74, 6) is 2.29. The van der Waals surface area contributed by atoms with Gasteiger partial charge in [-0.2, -0.15) is 0 Å². The third-order valence-electron chi connectivity index (χ3n) is 2.53. The minimum absolute atomic E-state index is 0.149. The summed E-state index contributed by atoms with van der Waals surface area (Å²) >= 11 is 0. The topological polar surface area (TPSA) is 18.5 Å². The molecule has 1 heterocycles. The van der Waals surface area contributed by atoms with E-state index >= 15 is 0 Å². The van der Waals surface area contributed by atoms with Crippen molar-refractivity contribution < 1.29 is 9.47 Å². The predicted molar refractivity (Wildman–Crippen MR) is 56.0 cm³/mol. The summed E-state index contributed by atoms with van der Waals surface area (Å²) < 4.78 is 11.2. The van der Waals surface area contributed by atoms with E-state index in [0.717, 1.165) is 11.5 Å². The lowest BCUT2D eigenvalue weighted by atomic mass is 9.96. The summed E-state index contributed by atoms with van der Waals surface area (Å²) in [5, 5.41) is 0. The minimum Gasteiger partial charge on any atom is -0.451 e. The van der Waals surface area contributed by atoms with Crippen LogP contribution in [0, 0.1) is 6.92 Å². The molecule has 2 rings (SSSR count). The second-order valence-corrected chi connectivity index (χ2v) is 4.08. The Morgan fingerprint density at radius 1 is 1.21 bits per heavy atom. The van der Waals surface area contributed by atoms with Gasteiger partial charge in [-0.25, -0.2) is 0 Å². The molecule has 0 fully saturated rings. The van der Waals surface area contributed by atoms with Gasteiger partial charge in [0, 0.05) is 12.5 Å². The molecule has 1 aliphatic heterocycles. The Kier molecular flexibility index (Phi) is 2.14. The SMILES string of the molecule is Cc1ccc2c(c1C(C)C)OC(C)O2. The van der Waals surface area contributed by atoms with E-state index < -0.39 is 0 Å². The number of hydrogen-bond acceptors (Lipinski definition) is 2. The zero-order valence-corrected chi connectivity index (χ0v) is 9.13. The first-order chi connectivity index (χ1) is 6.59. The van der Waals surface area contributed by atoms with Crippen molar-refractivity contribution >= 4 is 0 Å². The van der Waals surface area contributed by atoms with Gasteiger partial charge in [0.2, 0.25) is 6.29 Å². The van der Waals surface area contributed by atoms with Crippen molar-refractivity contribution in [2.45, 2.75) is 39.9 Å². The predicted octanol–water partition coefficient (Wildman–Crippen LogP) is 3.24. The van der Waals surface area contributed by atoms with Gasteiger partial charge < -0.3 is 9.47 Å². The maximum Gasteiger partial charge on any atom is 0.238 e. The molecule has 0 aromatic heterocycles. The van der Waals surface area contributed by atoms with Gasteiger partial charge in [-0.05, 0) is 24.5 Å². The highest BCUT2D eigenvalue weighted by molar-refractivity contribution is 5.53. The van der Waals surface area contributed by atoms with E-state index in [-0.39, 0.29) is 6.29 Å². The van der Waals surface area contributed by atoms with E-state index in [0.29, 0.717) is 5.92 Å². The van der Waals surface area contributed by atoms with E-state index in [9.17, 15) is 0 Å². The summed E-state index contributed by atoms with van der Waals surface area (Å²) in [6, 6.07) is 4.08. The molecule has 2 nitrogen and oxygen atoms in total. The van der Waals surface area contributed by atoms with Gasteiger partial charge in [0.25, 0.3) is 0 Å². The maximum atomic E-state index is 5.66. The first kappa shape index (κ1) is 9.38. The third-order valence-corrected chi connectivity index (χ3v) is 2.53. The van der Waals surface area contributed by atoms with E-state index in [1.165, 1.54) is 11.1 Å². The molecule has 0 amide bonds. The summed E-state index contributed by atoms with van der Waals surface area (Å²) in [4.78, 5) is 0. The lowest BCUT2D eigenvalue weighted by Gasteiger charge is -2.12. The number of rotatable bonds is 1. The first-order valence-electron chi connectivity index (χ1n) is 5.06. The van der Waals surface area contributed by atoms with Gasteiger partial charge in [0.1, 0.15) is 0 Å². The zero-order valence-electron chi connectivity index (χ0n) is 9.13. The average molecular weight is 192 g/mol. The Morgan fingerprint density at radius 2 is 1.93 bits per heavy atom. The molecule has 1 aliphatic rings. The van der Waals surface area contributed by atoms with Crippen molar-refractivity contribution in [1.29, 1.82) is 0 Å². The smallest absolute Gasteiger partial charge is 0.238 e. The van der Waals surface area contributed by atoms with Crippen LogP contribution in [-0.4, -0.2) is 6.29 Å². The molecule has 0 bridgehead atoms. The molecule has 1 aromatic rings. The monoisotopic (exact) mass is 192 g/mol. The molecule has 1 aromatic carbocycles. The van der Waals surface area contributed by atoms with Crippen LogP contribution >= 0.6 is 0 Å². The first-order valence-corrected chi connectivity index (χ1v) is 5.06. The summed E-state index contributed by atoms with van der Waals surface area (Å²) in [6.07, 6.45) is -0.149. The Labute approximate surface area is 84.8 Å². The van der Waals surface area contributed by atoms with Gasteiger partial charge in [-0.1, -0.05) is 19.9 Å². The Bertz CT molecular complexity index is 356. The molecule has 2 heteroatoms. The van der Waals surface area contributed by atoms with Gasteiger partial charge in [-0.3, -0.25) is 0 Å². The molecule has 14 heavy (non-hydrogen) atoms. The van der Waals surface area contributed by atoms with Gasteiger partial charge in [0.15, 0.2) is 11.5 Å². The molecular formula is C12H16O2. The van der Waals surface area contributed by atoms with Crippen molar-refractivity contribution in [1.82, 2.24) is 0 Å². The molecule has 1 unspecified atom stereocenters. The Balaban J connectivity index is 2.54. The molecule has 0 spiro atoms. The number of benzene rings is 1. The van der Waals surface area contributed by atoms with E-state index in [1.54, 1.807) is 0 Å². The van der Waals surface area contributed by atoms with E-state index in [1.807, 2.05) is 13.0 Å². The molecule has 76 valence electrons. The van der Waals surface area contributed by atoms with Crippen LogP contribution in [0.3, 0.4) is 0 Å². The largest absolute Gasteiger partial charge is 0.451 e. The second-order valence-electron chi connectivity index (χ2n) is 4.08. The van der Waals surface area contributed by atoms with Gasteiger partial charge in [-0.15, -0.1) is 0 Å². The number of hydrogen-bond donors (Lipinski definition) is 0. The van der Waals surface area contributed by atoms with Crippen LogP contribution in [0.4, 0.5) is 0 Å². The fourth-order valence-electron chi connectivity index (χ4n) is 1.98. The molecular weight excluding hydrogens is 176 g/mol. The lowest BCUT2D eigenvalue weighted by molar-refractivity contribution is 0.0672. The molecule has 0 saturated carbocycles. The molecule has 1 atom stereocenters. The van der Waals surface area contributed by atoms with Crippen molar-refractivity contribution in [3.05, 3.63) is 23.3 Å². The van der Waals surface area contributed by atoms with Crippen molar-refractivity contribution in [3.63, 3.8) is 0 Å². The molecule has 0 radical (unpaired) electrons. The number of ether oxygens (including phenoxy) is 2. The van der Waals surface area contributed by atoms with Crippen LogP contribution in [-0.2, 0) is 0 Å². The number of aryl methyl sites for hydroxylation is 1. The Hall–Kier alpha value is -1.18. The van der Waals surface area contributed by atoms with Crippen molar-refractivity contribution in [3.8, 4) is 11.5 Å². The van der Waals surface area contributed by atoms with Crippen LogP contribution in [0.1, 0.15) is 37.8 Å². The highest BCUT2D eigenvalue weighted by Gasteiger charge is 2.25. The fourth-order valence-corrected chi connectivity index (χ4v) is 1.98. The van der Waals surface area contributed by atoms with Crippen LogP contribution in [0.2, 0.25) is 0 Å². The average Bonchev–Trinajstić information content (AvgIpc) is 2.43. The molecule has 0 N–H and O–H groups in total. The third kappa shape index (κ3) is 1.35. The summed E-state index contributed by atoms with van der Waals surface area (Å²) in [6.45, 7) is 8.38. The van der Waals surface area contributed by atoms with Gasteiger partial charge >= 0.3 is 0 Å². The van der Waals surface area contributed by atoms with Crippen LogP contribution in [0.25, 0.3) is 0 Å². The van der Waals surface area contributed by atoms with Crippen LogP contribution in [0.15, 0.2) is 12.1 Å². The lowest BCUT2D eigenvalue weighted by Crippen LogP contribution is -2.11. The summed E-state index contributed by atoms with van der Waals surface area (Å²) in [5.41, 5.74) is 2.54. The highest BCUT2D eigenvalue weighted by Crippen LogP contribution is 2.42. The Morgan fingerprint density at radius 3 is 2.57 bits per heavy atom. The molecule has 0 aliphatic carbocycles. The van der Waals surface area contributed by atoms with E-state index in [4.69, 9.17) is 9.47 Å². The van der Waals surface area contributed by atoms with Crippen LogP contribution < -0.4 is 9.47 Å². The minimum atomic E-state index is -0.149. The standard InChI is InChI=1S/C12H16O2/c1-7(2)11-8(3)5-6-10-12(11)14-9(4)13-10/h5-7,9H,1-4H3. The quantitative estimate of drug-likeness (QED) is 0.680. The summed E-state index contributed by atoms with van der Waals surface area (Å²) in [7, 11) is 0. The highest BCUT2D eigenvalue weighted by atomic mass is 16.7. The fraction of sp³-hybridized carbons (Fsp3) is 0.500.